The van der Waals surface area contributed by atoms with Crippen LogP contribution in [0.15, 0.2) is 62.4 Å². The van der Waals surface area contributed by atoms with E-state index >= 15 is 0 Å². The largest absolute Gasteiger partial charge is 0.298 e. The number of halogens is 2. The second kappa shape index (κ2) is 7.27. The van der Waals surface area contributed by atoms with Crippen LogP contribution in [0.3, 0.4) is 0 Å². The van der Waals surface area contributed by atoms with E-state index in [0.717, 1.165) is 19.4 Å². The Hall–Kier alpha value is -0.580. The number of rotatable bonds is 5. The third-order valence-electron chi connectivity index (χ3n) is 2.52. The van der Waals surface area contributed by atoms with Crippen LogP contribution < -0.4 is 0 Å². The zero-order chi connectivity index (χ0) is 13.7. The number of ketones is 1. The lowest BCUT2D eigenvalue weighted by molar-refractivity contribution is -0.116. The molecule has 4 heteroatoms. The molecule has 0 aliphatic rings. The highest BCUT2D eigenvalue weighted by Crippen LogP contribution is 2.27. The SMILES string of the molecule is O=C(CSc1ccccc1Br)Cc1cccc(Br)c1. The lowest BCUT2D eigenvalue weighted by atomic mass is 10.1. The van der Waals surface area contributed by atoms with E-state index in [2.05, 4.69) is 31.9 Å². The summed E-state index contributed by atoms with van der Waals surface area (Å²) in [6.45, 7) is 0. The fourth-order valence-electron chi connectivity index (χ4n) is 1.65. The number of carbonyl (C=O) groups excluding carboxylic acids is 1. The van der Waals surface area contributed by atoms with Crippen LogP contribution in [0.4, 0.5) is 0 Å². The predicted molar refractivity (Wildman–Crippen MR) is 87.7 cm³/mol. The maximum atomic E-state index is 12.0. The molecule has 2 rings (SSSR count). The molecule has 0 N–H and O–H groups in total. The Kier molecular flexibility index (Phi) is 5.67. The zero-order valence-corrected chi connectivity index (χ0v) is 14.1. The summed E-state index contributed by atoms with van der Waals surface area (Å²) in [5.41, 5.74) is 1.05. The lowest BCUT2D eigenvalue weighted by Crippen LogP contribution is -2.05. The Balaban J connectivity index is 1.90. The second-order valence-corrected chi connectivity index (χ2v) is 6.85. The van der Waals surface area contributed by atoms with Gasteiger partial charge in [-0.25, -0.2) is 0 Å². The van der Waals surface area contributed by atoms with E-state index in [9.17, 15) is 4.79 Å². The fourth-order valence-corrected chi connectivity index (χ4v) is 3.52. The van der Waals surface area contributed by atoms with Crippen LogP contribution in [0.2, 0.25) is 0 Å². The first kappa shape index (κ1) is 14.8. The van der Waals surface area contributed by atoms with Crippen molar-refractivity contribution in [3.8, 4) is 0 Å². The molecule has 0 aromatic heterocycles. The molecular formula is C15H12Br2OS. The topological polar surface area (TPSA) is 17.1 Å². The van der Waals surface area contributed by atoms with E-state index in [1.54, 1.807) is 11.8 Å². The van der Waals surface area contributed by atoms with Gasteiger partial charge in [-0.1, -0.05) is 40.2 Å². The third kappa shape index (κ3) is 4.79. The molecule has 1 nitrogen and oxygen atoms in total. The summed E-state index contributed by atoms with van der Waals surface area (Å²) in [7, 11) is 0. The Labute approximate surface area is 134 Å². The van der Waals surface area contributed by atoms with Crippen LogP contribution in [-0.2, 0) is 11.2 Å². The Morgan fingerprint density at radius 3 is 2.58 bits per heavy atom. The summed E-state index contributed by atoms with van der Waals surface area (Å²) >= 11 is 8.47. The molecule has 0 spiro atoms. The molecule has 19 heavy (non-hydrogen) atoms. The summed E-state index contributed by atoms with van der Waals surface area (Å²) in [5, 5.41) is 0. The fraction of sp³-hybridized carbons (Fsp3) is 0.133. The average molecular weight is 400 g/mol. The summed E-state index contributed by atoms with van der Waals surface area (Å²) < 4.78 is 2.05. The molecule has 0 saturated carbocycles. The molecule has 0 aliphatic carbocycles. The van der Waals surface area contributed by atoms with Crippen molar-refractivity contribution < 1.29 is 4.79 Å². The zero-order valence-electron chi connectivity index (χ0n) is 10.1. The van der Waals surface area contributed by atoms with E-state index in [0.29, 0.717) is 12.2 Å². The van der Waals surface area contributed by atoms with Gasteiger partial charge in [0.25, 0.3) is 0 Å². The van der Waals surface area contributed by atoms with E-state index in [-0.39, 0.29) is 5.78 Å². The highest BCUT2D eigenvalue weighted by Gasteiger charge is 2.07. The molecule has 0 unspecified atom stereocenters. The number of hydrogen-bond acceptors (Lipinski definition) is 2. The van der Waals surface area contributed by atoms with Gasteiger partial charge in [0, 0.05) is 20.3 Å². The summed E-state index contributed by atoms with van der Waals surface area (Å²) in [6.07, 6.45) is 0.483. The van der Waals surface area contributed by atoms with Crippen molar-refractivity contribution in [1.29, 1.82) is 0 Å². The smallest absolute Gasteiger partial charge is 0.147 e. The molecule has 0 radical (unpaired) electrons. The van der Waals surface area contributed by atoms with Gasteiger partial charge in [0.15, 0.2) is 0 Å². The van der Waals surface area contributed by atoms with Gasteiger partial charge in [-0.3, -0.25) is 4.79 Å². The van der Waals surface area contributed by atoms with Gasteiger partial charge >= 0.3 is 0 Å². The first-order chi connectivity index (χ1) is 9.15. The Morgan fingerprint density at radius 1 is 1.05 bits per heavy atom. The number of hydrogen-bond donors (Lipinski definition) is 0. The van der Waals surface area contributed by atoms with Crippen LogP contribution in [0, 0.1) is 0 Å². The van der Waals surface area contributed by atoms with E-state index in [4.69, 9.17) is 0 Å². The summed E-state index contributed by atoms with van der Waals surface area (Å²) in [5.74, 6) is 0.730. The van der Waals surface area contributed by atoms with Gasteiger partial charge in [0.05, 0.1) is 5.75 Å². The molecule has 0 atom stereocenters. The van der Waals surface area contributed by atoms with Crippen LogP contribution in [-0.4, -0.2) is 11.5 Å². The van der Waals surface area contributed by atoms with Crippen molar-refractivity contribution in [2.24, 2.45) is 0 Å². The van der Waals surface area contributed by atoms with Crippen molar-refractivity contribution in [3.05, 3.63) is 63.0 Å². The van der Waals surface area contributed by atoms with Crippen LogP contribution in [0.5, 0.6) is 0 Å². The van der Waals surface area contributed by atoms with Crippen molar-refractivity contribution in [2.75, 3.05) is 5.75 Å². The molecule has 0 aliphatic heterocycles. The van der Waals surface area contributed by atoms with Gasteiger partial charge in [0.2, 0.25) is 0 Å². The van der Waals surface area contributed by atoms with Crippen LogP contribution in [0.1, 0.15) is 5.56 Å². The Morgan fingerprint density at radius 2 is 1.84 bits per heavy atom. The Bertz CT molecular complexity index is 584. The lowest BCUT2D eigenvalue weighted by Gasteiger charge is -2.04. The number of Topliss-reactive ketones (excluding diaryl/α,β-unsaturated/α-hetero) is 1. The molecule has 2 aromatic rings. The summed E-state index contributed by atoms with van der Waals surface area (Å²) in [6, 6.07) is 15.8. The standard InChI is InChI=1S/C15H12Br2OS/c16-12-5-3-4-11(8-12)9-13(18)10-19-15-7-2-1-6-14(15)17/h1-8H,9-10H2. The first-order valence-corrected chi connectivity index (χ1v) is 8.36. The van der Waals surface area contributed by atoms with Crippen molar-refractivity contribution in [3.63, 3.8) is 0 Å². The monoisotopic (exact) mass is 398 g/mol. The molecule has 98 valence electrons. The number of carbonyl (C=O) groups is 1. The van der Waals surface area contributed by atoms with Crippen molar-refractivity contribution >= 4 is 49.4 Å². The van der Waals surface area contributed by atoms with Gasteiger partial charge in [-0.15, -0.1) is 11.8 Å². The van der Waals surface area contributed by atoms with Crippen molar-refractivity contribution in [2.45, 2.75) is 11.3 Å². The highest BCUT2D eigenvalue weighted by atomic mass is 79.9. The predicted octanol–water partition coefficient (Wildman–Crippen LogP) is 5.12. The molecule has 0 bridgehead atoms. The van der Waals surface area contributed by atoms with Crippen LogP contribution in [0.25, 0.3) is 0 Å². The van der Waals surface area contributed by atoms with Gasteiger partial charge < -0.3 is 0 Å². The first-order valence-electron chi connectivity index (χ1n) is 5.78. The second-order valence-electron chi connectivity index (χ2n) is 4.06. The van der Waals surface area contributed by atoms with E-state index < -0.39 is 0 Å². The van der Waals surface area contributed by atoms with E-state index in [1.807, 2.05) is 48.5 Å². The maximum absolute atomic E-state index is 12.0. The molecule has 0 heterocycles. The molecule has 0 saturated heterocycles. The maximum Gasteiger partial charge on any atom is 0.147 e. The minimum Gasteiger partial charge on any atom is -0.298 e. The summed E-state index contributed by atoms with van der Waals surface area (Å²) in [4.78, 5) is 13.1. The molecule has 2 aromatic carbocycles. The van der Waals surface area contributed by atoms with Crippen LogP contribution >= 0.6 is 43.6 Å². The quantitative estimate of drug-likeness (QED) is 0.649. The average Bonchev–Trinajstić information content (AvgIpc) is 2.38. The van der Waals surface area contributed by atoms with E-state index in [1.165, 1.54) is 0 Å². The normalized spacial score (nSPS) is 10.4. The van der Waals surface area contributed by atoms with Gasteiger partial charge in [0.1, 0.15) is 5.78 Å². The minimum atomic E-state index is 0.235. The highest BCUT2D eigenvalue weighted by molar-refractivity contribution is 9.10. The number of benzene rings is 2. The molecule has 0 amide bonds. The minimum absolute atomic E-state index is 0.235. The number of thioether (sulfide) groups is 1. The van der Waals surface area contributed by atoms with Gasteiger partial charge in [-0.05, 0) is 45.8 Å². The van der Waals surface area contributed by atoms with Gasteiger partial charge in [-0.2, -0.15) is 0 Å². The van der Waals surface area contributed by atoms with Crippen molar-refractivity contribution in [1.82, 2.24) is 0 Å². The third-order valence-corrected chi connectivity index (χ3v) is 5.10. The molecule has 0 fully saturated rings. The molecular weight excluding hydrogens is 388 g/mol.